The molecule has 0 bridgehead atoms. The van der Waals surface area contributed by atoms with Crippen molar-refractivity contribution in [1.29, 1.82) is 0 Å². The number of carbonyl (C=O) groups is 1. The Balaban J connectivity index is 1.46. The average molecular weight is 431 g/mol. The Morgan fingerprint density at radius 2 is 1.63 bits per heavy atom. The maximum absolute atomic E-state index is 12.7. The van der Waals surface area contributed by atoms with Gasteiger partial charge < -0.3 is 9.64 Å². The molecule has 0 atom stereocenters. The fraction of sp³-hybridized carbons (Fsp3) is 0.435. The molecule has 162 valence electrons. The SMILES string of the molecule is CN(Cc1ccc(S(=O)(=O)N2CCOCC2)cc1)C(=O)CCCCc1ccccc1. The zero-order valence-electron chi connectivity index (χ0n) is 17.5. The van der Waals surface area contributed by atoms with Gasteiger partial charge in [-0.2, -0.15) is 4.31 Å². The van der Waals surface area contributed by atoms with Crippen LogP contribution in [0, 0.1) is 0 Å². The first kappa shape index (κ1) is 22.5. The lowest BCUT2D eigenvalue weighted by atomic mass is 10.1. The molecule has 30 heavy (non-hydrogen) atoms. The van der Waals surface area contributed by atoms with Gasteiger partial charge in [-0.3, -0.25) is 4.79 Å². The first-order valence-corrected chi connectivity index (χ1v) is 11.9. The zero-order valence-corrected chi connectivity index (χ0v) is 18.3. The largest absolute Gasteiger partial charge is 0.379 e. The summed E-state index contributed by atoms with van der Waals surface area (Å²) in [4.78, 5) is 14.4. The third-order valence-electron chi connectivity index (χ3n) is 5.33. The summed E-state index contributed by atoms with van der Waals surface area (Å²) in [6.45, 7) is 2.08. The number of morpholine rings is 1. The summed E-state index contributed by atoms with van der Waals surface area (Å²) in [5, 5.41) is 0. The van der Waals surface area contributed by atoms with Gasteiger partial charge in [-0.1, -0.05) is 42.5 Å². The topological polar surface area (TPSA) is 66.9 Å². The quantitative estimate of drug-likeness (QED) is 0.574. The second-order valence-corrected chi connectivity index (χ2v) is 9.54. The van der Waals surface area contributed by atoms with Crippen LogP contribution in [-0.2, 0) is 32.5 Å². The number of unbranched alkanes of at least 4 members (excludes halogenated alkanes) is 1. The van der Waals surface area contributed by atoms with Crippen LogP contribution in [0.15, 0.2) is 59.5 Å². The van der Waals surface area contributed by atoms with Crippen molar-refractivity contribution in [3.8, 4) is 0 Å². The zero-order chi connectivity index (χ0) is 21.4. The highest BCUT2D eigenvalue weighted by molar-refractivity contribution is 7.89. The van der Waals surface area contributed by atoms with Gasteiger partial charge in [-0.15, -0.1) is 0 Å². The van der Waals surface area contributed by atoms with Crippen molar-refractivity contribution in [3.63, 3.8) is 0 Å². The van der Waals surface area contributed by atoms with E-state index in [2.05, 4.69) is 12.1 Å². The summed E-state index contributed by atoms with van der Waals surface area (Å²) in [5.74, 6) is 0.105. The molecule has 1 heterocycles. The number of amides is 1. The highest BCUT2D eigenvalue weighted by Crippen LogP contribution is 2.18. The highest BCUT2D eigenvalue weighted by Gasteiger charge is 2.26. The van der Waals surface area contributed by atoms with Crippen LogP contribution in [0.1, 0.15) is 30.4 Å². The summed E-state index contributed by atoms with van der Waals surface area (Å²) in [6, 6.07) is 17.1. The number of benzene rings is 2. The standard InChI is InChI=1S/C23H30N2O4S/c1-24(23(26)10-6-5-9-20-7-3-2-4-8-20)19-21-11-13-22(14-12-21)30(27,28)25-15-17-29-18-16-25/h2-4,7-8,11-14H,5-6,9-10,15-19H2,1H3. The van der Waals surface area contributed by atoms with E-state index in [0.717, 1.165) is 24.8 Å². The third-order valence-corrected chi connectivity index (χ3v) is 7.24. The first-order valence-electron chi connectivity index (χ1n) is 10.4. The fourth-order valence-corrected chi connectivity index (χ4v) is 4.91. The molecule has 1 aliphatic heterocycles. The van der Waals surface area contributed by atoms with E-state index in [1.807, 2.05) is 18.2 Å². The maximum Gasteiger partial charge on any atom is 0.243 e. The van der Waals surface area contributed by atoms with Crippen LogP contribution in [0.2, 0.25) is 0 Å². The molecule has 0 aliphatic carbocycles. The Bertz CT molecular complexity index is 908. The van der Waals surface area contributed by atoms with Crippen molar-refractivity contribution in [2.75, 3.05) is 33.4 Å². The van der Waals surface area contributed by atoms with Gasteiger partial charge in [0.05, 0.1) is 18.1 Å². The monoisotopic (exact) mass is 430 g/mol. The molecule has 0 unspecified atom stereocenters. The third kappa shape index (κ3) is 6.14. The molecule has 1 fully saturated rings. The Kier molecular flexibility index (Phi) is 8.01. The molecule has 7 heteroatoms. The lowest BCUT2D eigenvalue weighted by Crippen LogP contribution is -2.40. The summed E-state index contributed by atoms with van der Waals surface area (Å²) >= 11 is 0. The maximum atomic E-state index is 12.7. The Hall–Kier alpha value is -2.22. The Labute approximate surface area is 179 Å². The number of sulfonamides is 1. The van der Waals surface area contributed by atoms with Crippen LogP contribution in [-0.4, -0.2) is 56.9 Å². The molecule has 0 radical (unpaired) electrons. The second kappa shape index (κ2) is 10.7. The molecule has 2 aromatic carbocycles. The molecule has 1 saturated heterocycles. The van der Waals surface area contributed by atoms with E-state index >= 15 is 0 Å². The van der Waals surface area contributed by atoms with Gasteiger partial charge in [0.25, 0.3) is 0 Å². The molecule has 0 N–H and O–H groups in total. The molecule has 3 rings (SSSR count). The smallest absolute Gasteiger partial charge is 0.243 e. The van der Waals surface area contributed by atoms with Gasteiger partial charge in [-0.05, 0) is 42.5 Å². The van der Waals surface area contributed by atoms with Crippen LogP contribution in [0.3, 0.4) is 0 Å². The van der Waals surface area contributed by atoms with E-state index in [-0.39, 0.29) is 10.8 Å². The van der Waals surface area contributed by atoms with E-state index in [1.165, 1.54) is 9.87 Å². The Morgan fingerprint density at radius 3 is 2.30 bits per heavy atom. The van der Waals surface area contributed by atoms with Gasteiger partial charge in [0.2, 0.25) is 15.9 Å². The van der Waals surface area contributed by atoms with E-state index in [1.54, 1.807) is 36.2 Å². The summed E-state index contributed by atoms with van der Waals surface area (Å²) in [7, 11) is -1.70. The van der Waals surface area contributed by atoms with E-state index in [0.29, 0.717) is 39.3 Å². The van der Waals surface area contributed by atoms with Gasteiger partial charge in [-0.25, -0.2) is 8.42 Å². The summed E-state index contributed by atoms with van der Waals surface area (Å²) in [6.07, 6.45) is 3.34. The van der Waals surface area contributed by atoms with Crippen molar-refractivity contribution in [2.24, 2.45) is 0 Å². The molecule has 2 aromatic rings. The van der Waals surface area contributed by atoms with Crippen LogP contribution < -0.4 is 0 Å². The van der Waals surface area contributed by atoms with Crippen molar-refractivity contribution in [2.45, 2.75) is 37.1 Å². The lowest BCUT2D eigenvalue weighted by molar-refractivity contribution is -0.130. The number of hydrogen-bond donors (Lipinski definition) is 0. The average Bonchev–Trinajstić information content (AvgIpc) is 2.78. The van der Waals surface area contributed by atoms with Crippen molar-refractivity contribution < 1.29 is 17.9 Å². The molecule has 6 nitrogen and oxygen atoms in total. The first-order chi connectivity index (χ1) is 14.5. The number of nitrogens with zero attached hydrogens (tertiary/aromatic N) is 2. The normalized spacial score (nSPS) is 15.1. The van der Waals surface area contributed by atoms with Crippen LogP contribution in [0.5, 0.6) is 0 Å². The van der Waals surface area contributed by atoms with Crippen LogP contribution >= 0.6 is 0 Å². The van der Waals surface area contributed by atoms with Crippen molar-refractivity contribution >= 4 is 15.9 Å². The van der Waals surface area contributed by atoms with Crippen LogP contribution in [0.4, 0.5) is 0 Å². The minimum Gasteiger partial charge on any atom is -0.379 e. The molecule has 0 spiro atoms. The van der Waals surface area contributed by atoms with Gasteiger partial charge >= 0.3 is 0 Å². The highest BCUT2D eigenvalue weighted by atomic mass is 32.2. The van der Waals surface area contributed by atoms with Gasteiger partial charge in [0, 0.05) is 33.1 Å². The van der Waals surface area contributed by atoms with Gasteiger partial charge in [0.1, 0.15) is 0 Å². The molecular formula is C23H30N2O4S. The van der Waals surface area contributed by atoms with Crippen molar-refractivity contribution in [3.05, 3.63) is 65.7 Å². The predicted molar refractivity (Wildman–Crippen MR) is 116 cm³/mol. The number of aryl methyl sites for hydroxylation is 1. The molecule has 0 aromatic heterocycles. The summed E-state index contributed by atoms with van der Waals surface area (Å²) < 4.78 is 32.1. The van der Waals surface area contributed by atoms with E-state index in [4.69, 9.17) is 4.74 Å². The summed E-state index contributed by atoms with van der Waals surface area (Å²) in [5.41, 5.74) is 2.21. The fourth-order valence-electron chi connectivity index (χ4n) is 3.51. The second-order valence-electron chi connectivity index (χ2n) is 7.60. The number of hydrogen-bond acceptors (Lipinski definition) is 4. The van der Waals surface area contributed by atoms with E-state index in [9.17, 15) is 13.2 Å². The molecule has 1 aliphatic rings. The van der Waals surface area contributed by atoms with E-state index < -0.39 is 10.0 Å². The molecule has 1 amide bonds. The van der Waals surface area contributed by atoms with Gasteiger partial charge in [0.15, 0.2) is 0 Å². The lowest BCUT2D eigenvalue weighted by Gasteiger charge is -2.26. The van der Waals surface area contributed by atoms with Crippen LogP contribution in [0.25, 0.3) is 0 Å². The molecule has 0 saturated carbocycles. The number of carbonyl (C=O) groups excluding carboxylic acids is 1. The van der Waals surface area contributed by atoms with Crippen molar-refractivity contribution in [1.82, 2.24) is 9.21 Å². The number of rotatable bonds is 9. The molecular weight excluding hydrogens is 400 g/mol. The predicted octanol–water partition coefficient (Wildman–Crippen LogP) is 3.08. The minimum absolute atomic E-state index is 0.105. The number of ether oxygens (including phenoxy) is 1. The Morgan fingerprint density at radius 1 is 0.967 bits per heavy atom. The minimum atomic E-state index is -3.49.